The molecule has 2 nitrogen and oxygen atoms in total. The fourth-order valence-corrected chi connectivity index (χ4v) is 2.76. The second-order valence-corrected chi connectivity index (χ2v) is 5.04. The van der Waals surface area contributed by atoms with Crippen molar-refractivity contribution in [2.24, 2.45) is 5.73 Å². The van der Waals surface area contributed by atoms with Gasteiger partial charge < -0.3 is 10.3 Å². The quantitative estimate of drug-likeness (QED) is 0.748. The van der Waals surface area contributed by atoms with E-state index in [9.17, 15) is 0 Å². The minimum absolute atomic E-state index is 0.507. The molecule has 0 fully saturated rings. The first-order valence-electron chi connectivity index (χ1n) is 6.27. The van der Waals surface area contributed by atoms with Gasteiger partial charge in [-0.25, -0.2) is 0 Å². The molecule has 0 aliphatic heterocycles. The van der Waals surface area contributed by atoms with Gasteiger partial charge in [-0.2, -0.15) is 0 Å². The van der Waals surface area contributed by atoms with Crippen LogP contribution in [0.15, 0.2) is 48.5 Å². The molecule has 3 heteroatoms. The number of aryl methyl sites for hydroxylation is 1. The summed E-state index contributed by atoms with van der Waals surface area (Å²) in [6, 6.07) is 16.2. The van der Waals surface area contributed by atoms with Crippen LogP contribution in [0.2, 0.25) is 5.02 Å². The lowest BCUT2D eigenvalue weighted by molar-refractivity contribution is 0.919. The highest BCUT2D eigenvalue weighted by Crippen LogP contribution is 2.30. The first-order valence-corrected chi connectivity index (χ1v) is 6.65. The van der Waals surface area contributed by atoms with Crippen LogP contribution in [0.3, 0.4) is 0 Å². The Balaban J connectivity index is 2.40. The molecule has 1 aromatic heterocycles. The van der Waals surface area contributed by atoms with E-state index >= 15 is 0 Å². The van der Waals surface area contributed by atoms with Gasteiger partial charge in [0.25, 0.3) is 0 Å². The minimum atomic E-state index is 0.507. The highest BCUT2D eigenvalue weighted by Gasteiger charge is 2.14. The van der Waals surface area contributed by atoms with Crippen LogP contribution in [-0.4, -0.2) is 4.57 Å². The molecule has 0 saturated heterocycles. The summed E-state index contributed by atoms with van der Waals surface area (Å²) in [7, 11) is 0. The number of fused-ring (bicyclic) bond motifs is 1. The number of nitrogens with two attached hydrogens (primary N) is 1. The van der Waals surface area contributed by atoms with Crippen molar-refractivity contribution < 1.29 is 0 Å². The van der Waals surface area contributed by atoms with E-state index in [2.05, 4.69) is 29.7 Å². The minimum Gasteiger partial charge on any atom is -0.325 e. The normalized spacial score (nSPS) is 11.1. The highest BCUT2D eigenvalue weighted by atomic mass is 35.5. The van der Waals surface area contributed by atoms with Gasteiger partial charge >= 0.3 is 0 Å². The summed E-state index contributed by atoms with van der Waals surface area (Å²) < 4.78 is 2.21. The SMILES string of the molecule is Cc1c(CN)n(-c2ccccc2)c2ccc(Cl)cc12. The smallest absolute Gasteiger partial charge is 0.0535 e. The van der Waals surface area contributed by atoms with E-state index in [0.29, 0.717) is 6.54 Å². The summed E-state index contributed by atoms with van der Waals surface area (Å²) >= 11 is 6.10. The zero-order valence-electron chi connectivity index (χ0n) is 10.7. The number of para-hydroxylation sites is 1. The van der Waals surface area contributed by atoms with E-state index in [1.807, 2.05) is 30.3 Å². The van der Waals surface area contributed by atoms with Crippen molar-refractivity contribution in [3.05, 3.63) is 64.8 Å². The summed E-state index contributed by atoms with van der Waals surface area (Å²) in [4.78, 5) is 0. The first kappa shape index (κ1) is 12.3. The topological polar surface area (TPSA) is 30.9 Å². The van der Waals surface area contributed by atoms with Crippen LogP contribution in [0.25, 0.3) is 16.6 Å². The first-order chi connectivity index (χ1) is 9.22. The predicted molar refractivity (Wildman–Crippen MR) is 80.9 cm³/mol. The molecule has 0 aliphatic carbocycles. The molecule has 0 bridgehead atoms. The second kappa shape index (κ2) is 4.72. The van der Waals surface area contributed by atoms with Crippen molar-refractivity contribution in [1.82, 2.24) is 4.57 Å². The Morgan fingerprint density at radius 2 is 1.84 bits per heavy atom. The van der Waals surface area contributed by atoms with Crippen molar-refractivity contribution in [2.75, 3.05) is 0 Å². The van der Waals surface area contributed by atoms with E-state index in [0.717, 1.165) is 27.3 Å². The number of aromatic nitrogens is 1. The molecule has 2 aromatic carbocycles. The third kappa shape index (κ3) is 1.93. The van der Waals surface area contributed by atoms with Crippen molar-refractivity contribution in [3.8, 4) is 5.69 Å². The maximum absolute atomic E-state index is 6.10. The standard InChI is InChI=1S/C16H15ClN2/c1-11-14-9-12(17)7-8-15(14)19(16(11)10-18)13-5-3-2-4-6-13/h2-9H,10,18H2,1H3. The van der Waals surface area contributed by atoms with Crippen LogP contribution in [0.4, 0.5) is 0 Å². The van der Waals surface area contributed by atoms with E-state index in [1.165, 1.54) is 5.56 Å². The van der Waals surface area contributed by atoms with Gasteiger partial charge in [-0.15, -0.1) is 0 Å². The lowest BCUT2D eigenvalue weighted by Gasteiger charge is -2.10. The zero-order chi connectivity index (χ0) is 13.4. The van der Waals surface area contributed by atoms with Crippen LogP contribution in [-0.2, 0) is 6.54 Å². The lowest BCUT2D eigenvalue weighted by atomic mass is 10.1. The molecule has 0 atom stereocenters. The average Bonchev–Trinajstić information content (AvgIpc) is 2.72. The summed E-state index contributed by atoms with van der Waals surface area (Å²) in [5, 5.41) is 1.92. The molecule has 19 heavy (non-hydrogen) atoms. The van der Waals surface area contributed by atoms with Crippen LogP contribution in [0, 0.1) is 6.92 Å². The third-order valence-electron chi connectivity index (χ3n) is 3.51. The van der Waals surface area contributed by atoms with E-state index in [4.69, 9.17) is 17.3 Å². The van der Waals surface area contributed by atoms with Gasteiger partial charge in [0, 0.05) is 28.3 Å². The monoisotopic (exact) mass is 270 g/mol. The lowest BCUT2D eigenvalue weighted by Crippen LogP contribution is -2.06. The number of hydrogen-bond acceptors (Lipinski definition) is 1. The fraction of sp³-hybridized carbons (Fsp3) is 0.125. The Hall–Kier alpha value is -1.77. The van der Waals surface area contributed by atoms with Gasteiger partial charge in [-0.05, 0) is 42.8 Å². The van der Waals surface area contributed by atoms with Crippen molar-refractivity contribution in [3.63, 3.8) is 0 Å². The van der Waals surface area contributed by atoms with E-state index in [1.54, 1.807) is 0 Å². The van der Waals surface area contributed by atoms with Gasteiger partial charge in [-0.1, -0.05) is 29.8 Å². The Bertz CT molecular complexity index is 729. The Labute approximate surface area is 117 Å². The largest absolute Gasteiger partial charge is 0.325 e. The van der Waals surface area contributed by atoms with Crippen LogP contribution < -0.4 is 5.73 Å². The molecule has 0 saturated carbocycles. The van der Waals surface area contributed by atoms with Gasteiger partial charge in [0.15, 0.2) is 0 Å². The Morgan fingerprint density at radius 3 is 2.53 bits per heavy atom. The van der Waals surface area contributed by atoms with Gasteiger partial charge in [0.1, 0.15) is 0 Å². The van der Waals surface area contributed by atoms with Crippen LogP contribution >= 0.6 is 11.6 Å². The van der Waals surface area contributed by atoms with Crippen LogP contribution in [0.1, 0.15) is 11.3 Å². The Morgan fingerprint density at radius 1 is 1.11 bits per heavy atom. The third-order valence-corrected chi connectivity index (χ3v) is 3.75. The van der Waals surface area contributed by atoms with Crippen molar-refractivity contribution in [1.29, 1.82) is 0 Å². The van der Waals surface area contributed by atoms with Gasteiger partial charge in [-0.3, -0.25) is 0 Å². The van der Waals surface area contributed by atoms with Crippen LogP contribution in [0.5, 0.6) is 0 Å². The molecule has 0 aliphatic rings. The predicted octanol–water partition coefficient (Wildman–Crippen LogP) is 4.05. The molecule has 0 unspecified atom stereocenters. The fourth-order valence-electron chi connectivity index (χ4n) is 2.59. The molecule has 2 N–H and O–H groups in total. The maximum atomic E-state index is 6.10. The van der Waals surface area contributed by atoms with Crippen molar-refractivity contribution >= 4 is 22.5 Å². The number of hydrogen-bond donors (Lipinski definition) is 1. The maximum Gasteiger partial charge on any atom is 0.0535 e. The molecule has 3 aromatic rings. The summed E-state index contributed by atoms with van der Waals surface area (Å²) in [5.41, 5.74) is 10.5. The number of benzene rings is 2. The average molecular weight is 271 g/mol. The van der Waals surface area contributed by atoms with Gasteiger partial charge in [0.2, 0.25) is 0 Å². The molecular formula is C16H15ClN2. The second-order valence-electron chi connectivity index (χ2n) is 4.61. The molecule has 0 spiro atoms. The molecule has 3 rings (SSSR count). The molecule has 0 radical (unpaired) electrons. The summed E-state index contributed by atoms with van der Waals surface area (Å²) in [6.45, 7) is 2.60. The summed E-state index contributed by atoms with van der Waals surface area (Å²) in [6.07, 6.45) is 0. The zero-order valence-corrected chi connectivity index (χ0v) is 11.5. The molecule has 0 amide bonds. The summed E-state index contributed by atoms with van der Waals surface area (Å²) in [5.74, 6) is 0. The number of rotatable bonds is 2. The van der Waals surface area contributed by atoms with E-state index < -0.39 is 0 Å². The highest BCUT2D eigenvalue weighted by molar-refractivity contribution is 6.31. The number of halogens is 1. The molecule has 96 valence electrons. The molecule has 1 heterocycles. The Kier molecular flexibility index (Phi) is 3.05. The van der Waals surface area contributed by atoms with Gasteiger partial charge in [0.05, 0.1) is 5.52 Å². The molecular weight excluding hydrogens is 256 g/mol. The number of nitrogens with zero attached hydrogens (tertiary/aromatic N) is 1. The van der Waals surface area contributed by atoms with Crippen molar-refractivity contribution in [2.45, 2.75) is 13.5 Å². The van der Waals surface area contributed by atoms with E-state index in [-0.39, 0.29) is 0 Å².